The molecular weight excluding hydrogens is 330 g/mol. The maximum absolute atomic E-state index is 8.86. The van der Waals surface area contributed by atoms with Gasteiger partial charge in [-0.2, -0.15) is 10.4 Å². The molecule has 0 fully saturated rings. The van der Waals surface area contributed by atoms with Gasteiger partial charge in [0.05, 0.1) is 24.7 Å². The van der Waals surface area contributed by atoms with Crippen molar-refractivity contribution < 1.29 is 0 Å². The predicted octanol–water partition coefficient (Wildman–Crippen LogP) is 4.26. The molecule has 126 valence electrons. The van der Waals surface area contributed by atoms with E-state index in [-0.39, 0.29) is 0 Å². The summed E-state index contributed by atoms with van der Waals surface area (Å²) in [5.74, 6) is 0. The topological polar surface area (TPSA) is 67.4 Å². The van der Waals surface area contributed by atoms with Gasteiger partial charge >= 0.3 is 0 Å². The molecule has 6 heteroatoms. The van der Waals surface area contributed by atoms with Crippen molar-refractivity contribution in [2.45, 2.75) is 32.0 Å². The molecular formula is C19H19N5S. The van der Waals surface area contributed by atoms with Crippen molar-refractivity contribution in [3.8, 4) is 28.6 Å². The van der Waals surface area contributed by atoms with E-state index in [1.807, 2.05) is 23.2 Å². The Kier molecular flexibility index (Phi) is 5.15. The predicted molar refractivity (Wildman–Crippen MR) is 100 cm³/mol. The molecule has 0 atom stereocenters. The van der Waals surface area contributed by atoms with E-state index in [1.54, 1.807) is 6.20 Å². The average molecular weight is 349 g/mol. The molecule has 0 amide bonds. The summed E-state index contributed by atoms with van der Waals surface area (Å²) in [6.45, 7) is 4.73. The maximum atomic E-state index is 8.86. The molecule has 2 heterocycles. The van der Waals surface area contributed by atoms with E-state index in [2.05, 4.69) is 48.1 Å². The second-order valence-corrected chi connectivity index (χ2v) is 6.64. The van der Waals surface area contributed by atoms with Crippen LogP contribution in [0.2, 0.25) is 0 Å². The number of nitriles is 1. The van der Waals surface area contributed by atoms with Crippen LogP contribution >= 0.6 is 11.8 Å². The number of aryl methyl sites for hydroxylation is 3. The lowest BCUT2D eigenvalue weighted by molar-refractivity contribution is 0.630. The molecule has 0 radical (unpaired) electrons. The lowest BCUT2D eigenvalue weighted by atomic mass is 10.0. The van der Waals surface area contributed by atoms with Gasteiger partial charge < -0.3 is 0 Å². The standard InChI is InChI=1S/C19H19N5S/c1-13-9-14(2)11-15(10-13)18-16(12-24(23-18)8-4-6-20)17-5-7-21-19(22-17)25-3/h5,7,9-12H,4,8H2,1-3H3. The van der Waals surface area contributed by atoms with Crippen molar-refractivity contribution in [3.63, 3.8) is 0 Å². The molecule has 2 aromatic heterocycles. The second-order valence-electron chi connectivity index (χ2n) is 5.87. The summed E-state index contributed by atoms with van der Waals surface area (Å²) in [6, 6.07) is 10.5. The summed E-state index contributed by atoms with van der Waals surface area (Å²) in [4.78, 5) is 8.87. The fourth-order valence-electron chi connectivity index (χ4n) is 2.80. The van der Waals surface area contributed by atoms with Gasteiger partial charge in [-0.25, -0.2) is 9.97 Å². The highest BCUT2D eigenvalue weighted by atomic mass is 32.2. The Morgan fingerprint density at radius 1 is 1.20 bits per heavy atom. The summed E-state index contributed by atoms with van der Waals surface area (Å²) in [7, 11) is 0. The van der Waals surface area contributed by atoms with Gasteiger partial charge in [0.2, 0.25) is 0 Å². The highest BCUT2D eigenvalue weighted by molar-refractivity contribution is 7.98. The Morgan fingerprint density at radius 2 is 1.96 bits per heavy atom. The third-order valence-corrected chi connectivity index (χ3v) is 4.36. The van der Waals surface area contributed by atoms with Crippen LogP contribution < -0.4 is 0 Å². The zero-order chi connectivity index (χ0) is 17.8. The van der Waals surface area contributed by atoms with E-state index in [0.29, 0.717) is 13.0 Å². The molecule has 3 aromatic rings. The number of aromatic nitrogens is 4. The molecule has 0 saturated carbocycles. The van der Waals surface area contributed by atoms with Crippen molar-refractivity contribution in [3.05, 3.63) is 47.8 Å². The van der Waals surface area contributed by atoms with Crippen molar-refractivity contribution in [2.75, 3.05) is 6.26 Å². The van der Waals surface area contributed by atoms with Gasteiger partial charge in [-0.1, -0.05) is 29.0 Å². The van der Waals surface area contributed by atoms with Crippen LogP contribution in [0.3, 0.4) is 0 Å². The van der Waals surface area contributed by atoms with E-state index < -0.39 is 0 Å². The molecule has 0 unspecified atom stereocenters. The van der Waals surface area contributed by atoms with E-state index in [1.165, 1.54) is 22.9 Å². The Labute approximate surface area is 151 Å². The molecule has 5 nitrogen and oxygen atoms in total. The van der Waals surface area contributed by atoms with Gasteiger partial charge in [0.1, 0.15) is 5.69 Å². The smallest absolute Gasteiger partial charge is 0.187 e. The zero-order valence-electron chi connectivity index (χ0n) is 14.5. The number of hydrogen-bond donors (Lipinski definition) is 0. The SMILES string of the molecule is CSc1nccc(-c2cn(CCC#N)nc2-c2cc(C)cc(C)c2)n1. The first-order chi connectivity index (χ1) is 12.1. The molecule has 25 heavy (non-hydrogen) atoms. The summed E-state index contributed by atoms with van der Waals surface area (Å²) in [6.07, 6.45) is 6.12. The lowest BCUT2D eigenvalue weighted by Gasteiger charge is -2.06. The van der Waals surface area contributed by atoms with E-state index in [4.69, 9.17) is 10.4 Å². The molecule has 0 N–H and O–H groups in total. The summed E-state index contributed by atoms with van der Waals surface area (Å²) >= 11 is 1.51. The quantitative estimate of drug-likeness (QED) is 0.508. The molecule has 0 spiro atoms. The van der Waals surface area contributed by atoms with E-state index in [0.717, 1.165) is 27.7 Å². The fraction of sp³-hybridized carbons (Fsp3) is 0.263. The Hall–Kier alpha value is -2.65. The van der Waals surface area contributed by atoms with Gasteiger partial charge in [0.25, 0.3) is 0 Å². The Morgan fingerprint density at radius 3 is 2.64 bits per heavy atom. The molecule has 0 aliphatic rings. The minimum absolute atomic E-state index is 0.424. The first-order valence-corrected chi connectivity index (χ1v) is 9.23. The van der Waals surface area contributed by atoms with Gasteiger partial charge in [0, 0.05) is 23.5 Å². The largest absolute Gasteiger partial charge is 0.270 e. The molecule has 1 aromatic carbocycles. The van der Waals surface area contributed by atoms with Crippen LogP contribution in [-0.4, -0.2) is 26.0 Å². The maximum Gasteiger partial charge on any atom is 0.187 e. The second kappa shape index (κ2) is 7.49. The van der Waals surface area contributed by atoms with Gasteiger partial charge in [-0.15, -0.1) is 0 Å². The van der Waals surface area contributed by atoms with E-state index >= 15 is 0 Å². The highest BCUT2D eigenvalue weighted by Crippen LogP contribution is 2.31. The highest BCUT2D eigenvalue weighted by Gasteiger charge is 2.15. The Balaban J connectivity index is 2.15. The number of benzene rings is 1. The third-order valence-electron chi connectivity index (χ3n) is 3.80. The lowest BCUT2D eigenvalue weighted by Crippen LogP contribution is -1.97. The minimum Gasteiger partial charge on any atom is -0.270 e. The third kappa shape index (κ3) is 3.89. The van der Waals surface area contributed by atoms with Crippen LogP contribution in [0.15, 0.2) is 41.8 Å². The van der Waals surface area contributed by atoms with E-state index in [9.17, 15) is 0 Å². The minimum atomic E-state index is 0.424. The number of thioether (sulfide) groups is 1. The van der Waals surface area contributed by atoms with Crippen LogP contribution in [0.4, 0.5) is 0 Å². The van der Waals surface area contributed by atoms with Gasteiger partial charge in [-0.05, 0) is 38.3 Å². The summed E-state index contributed by atoms with van der Waals surface area (Å²) in [5, 5.41) is 14.3. The van der Waals surface area contributed by atoms with Crippen LogP contribution in [-0.2, 0) is 6.54 Å². The van der Waals surface area contributed by atoms with Crippen molar-refractivity contribution in [1.29, 1.82) is 5.26 Å². The fourth-order valence-corrected chi connectivity index (χ4v) is 3.16. The van der Waals surface area contributed by atoms with Crippen molar-refractivity contribution in [1.82, 2.24) is 19.7 Å². The molecule has 0 aliphatic carbocycles. The van der Waals surface area contributed by atoms with Crippen LogP contribution in [0.1, 0.15) is 17.5 Å². The van der Waals surface area contributed by atoms with Crippen LogP contribution in [0.5, 0.6) is 0 Å². The Bertz CT molecular complexity index is 919. The molecule has 3 rings (SSSR count). The first-order valence-electron chi connectivity index (χ1n) is 8.01. The van der Waals surface area contributed by atoms with Crippen molar-refractivity contribution in [2.24, 2.45) is 0 Å². The van der Waals surface area contributed by atoms with Gasteiger partial charge in [0.15, 0.2) is 5.16 Å². The van der Waals surface area contributed by atoms with Crippen LogP contribution in [0.25, 0.3) is 22.5 Å². The normalized spacial score (nSPS) is 10.6. The van der Waals surface area contributed by atoms with Gasteiger partial charge in [-0.3, -0.25) is 4.68 Å². The summed E-state index contributed by atoms with van der Waals surface area (Å²) < 4.78 is 1.83. The molecule has 0 aliphatic heterocycles. The molecule has 0 bridgehead atoms. The van der Waals surface area contributed by atoms with Crippen molar-refractivity contribution >= 4 is 11.8 Å². The first kappa shape index (κ1) is 17.2. The van der Waals surface area contributed by atoms with Crippen LogP contribution in [0, 0.1) is 25.2 Å². The molecule has 0 saturated heterocycles. The monoisotopic (exact) mass is 349 g/mol. The number of hydrogen-bond acceptors (Lipinski definition) is 5. The summed E-state index contributed by atoms with van der Waals surface area (Å²) in [5.41, 5.74) is 6.14. The number of nitrogens with zero attached hydrogens (tertiary/aromatic N) is 5. The zero-order valence-corrected chi connectivity index (χ0v) is 15.3. The number of rotatable bonds is 5. The average Bonchev–Trinajstić information content (AvgIpc) is 3.03.